The fourth-order valence-electron chi connectivity index (χ4n) is 7.17. The third-order valence-corrected chi connectivity index (χ3v) is 8.00. The van der Waals surface area contributed by atoms with Crippen molar-refractivity contribution in [1.82, 2.24) is 20.3 Å². The van der Waals surface area contributed by atoms with Gasteiger partial charge in [-0.3, -0.25) is 4.98 Å². The molecule has 28 heavy (non-hydrogen) atoms. The van der Waals surface area contributed by atoms with Gasteiger partial charge in [-0.15, -0.1) is 12.4 Å². The van der Waals surface area contributed by atoms with Crippen LogP contribution < -0.4 is 5.32 Å². The van der Waals surface area contributed by atoms with Crippen LogP contribution >= 0.6 is 12.4 Å². The van der Waals surface area contributed by atoms with Crippen molar-refractivity contribution in [2.45, 2.75) is 69.7 Å². The first-order valence-electron chi connectivity index (χ1n) is 10.8. The lowest BCUT2D eigenvalue weighted by Gasteiger charge is -2.54. The van der Waals surface area contributed by atoms with E-state index in [4.69, 9.17) is 9.97 Å². The Balaban J connectivity index is 0.000000961. The number of aromatic nitrogens is 3. The molecule has 0 radical (unpaired) electrons. The fraction of sp³-hybridized carbons (Fsp3) is 0.727. The Labute approximate surface area is 173 Å². The monoisotopic (exact) mass is 404 g/mol. The first-order valence-corrected chi connectivity index (χ1v) is 10.8. The summed E-state index contributed by atoms with van der Waals surface area (Å²) in [6.45, 7) is 3.40. The van der Waals surface area contributed by atoms with Crippen molar-refractivity contribution < 1.29 is 5.48 Å². The summed E-state index contributed by atoms with van der Waals surface area (Å²) in [6, 6.07) is 2.74. The van der Waals surface area contributed by atoms with E-state index in [1.165, 1.54) is 62.2 Å². The maximum atomic E-state index is 5.33. The summed E-state index contributed by atoms with van der Waals surface area (Å²) in [5.74, 6) is 6.19. The van der Waals surface area contributed by atoms with Gasteiger partial charge in [0.1, 0.15) is 11.5 Å². The lowest BCUT2D eigenvalue weighted by molar-refractivity contribution is -0.00418. The van der Waals surface area contributed by atoms with Gasteiger partial charge in [-0.25, -0.2) is 4.98 Å². The third kappa shape index (κ3) is 3.16. The van der Waals surface area contributed by atoms with Crippen molar-refractivity contribution >= 4 is 12.4 Å². The molecule has 3 heterocycles. The van der Waals surface area contributed by atoms with Gasteiger partial charge in [-0.05, 0) is 88.2 Å². The third-order valence-electron chi connectivity index (χ3n) is 8.00. The van der Waals surface area contributed by atoms with Crippen LogP contribution in [0.2, 0.25) is 0 Å². The Kier molecular flexibility index (Phi) is 5.45. The highest BCUT2D eigenvalue weighted by Gasteiger charge is 2.50. The molecule has 4 N–H and O–H groups in total. The van der Waals surface area contributed by atoms with Gasteiger partial charge < -0.3 is 15.8 Å². The van der Waals surface area contributed by atoms with Gasteiger partial charge in [0.2, 0.25) is 0 Å². The molecule has 4 aliphatic carbocycles. The molecule has 2 atom stereocenters. The zero-order valence-corrected chi connectivity index (χ0v) is 17.5. The molecule has 0 aromatic heterocycles. The highest BCUT2D eigenvalue weighted by molar-refractivity contribution is 5.85. The molecular formula is C22H33ClN4O. The molecule has 7 aliphatic rings. The number of halogens is 1. The van der Waals surface area contributed by atoms with Crippen molar-refractivity contribution in [1.29, 1.82) is 0 Å². The van der Waals surface area contributed by atoms with E-state index in [1.54, 1.807) is 0 Å². The Morgan fingerprint density at radius 2 is 1.71 bits per heavy atom. The van der Waals surface area contributed by atoms with Crippen LogP contribution in [0.25, 0.3) is 11.4 Å². The average molecular weight is 405 g/mol. The molecule has 5 nitrogen and oxygen atoms in total. The van der Waals surface area contributed by atoms with Crippen LogP contribution in [0.1, 0.15) is 75.2 Å². The number of nitrogens with one attached hydrogen (secondary N) is 2. The maximum absolute atomic E-state index is 5.33. The zero-order chi connectivity index (χ0) is 17.3. The summed E-state index contributed by atoms with van der Waals surface area (Å²) >= 11 is 0. The molecule has 6 heteroatoms. The molecule has 0 aromatic rings. The number of fused-ring (bicyclic) bond motifs is 1. The summed E-state index contributed by atoms with van der Waals surface area (Å²) in [4.78, 5) is 13.7. The van der Waals surface area contributed by atoms with Crippen LogP contribution in [0.4, 0.5) is 0 Å². The number of hydrogen-bond acceptors (Lipinski definition) is 3. The van der Waals surface area contributed by atoms with Gasteiger partial charge in [-0.2, -0.15) is 0 Å². The highest BCUT2D eigenvalue weighted by atomic mass is 35.5. The maximum Gasteiger partial charge on any atom is 0.110 e. The predicted molar refractivity (Wildman–Crippen MR) is 113 cm³/mol. The minimum Gasteiger partial charge on any atom is -0.412 e. The summed E-state index contributed by atoms with van der Waals surface area (Å²) in [5, 5.41) is 3.58. The van der Waals surface area contributed by atoms with Crippen LogP contribution in [0.15, 0.2) is 12.3 Å². The number of hydrogen-bond donors (Lipinski definition) is 2. The van der Waals surface area contributed by atoms with Crippen molar-refractivity contribution in [3.63, 3.8) is 0 Å². The molecule has 4 bridgehead atoms. The van der Waals surface area contributed by atoms with Crippen molar-refractivity contribution in [3.8, 4) is 11.4 Å². The Morgan fingerprint density at radius 3 is 2.39 bits per heavy atom. The molecule has 7 rings (SSSR count). The number of rotatable bonds is 2. The Hall–Kier alpha value is -1.17. The molecule has 5 fully saturated rings. The van der Waals surface area contributed by atoms with Gasteiger partial charge in [-0.1, -0.05) is 0 Å². The predicted octanol–water partition coefficient (Wildman–Crippen LogP) is 3.90. The summed E-state index contributed by atoms with van der Waals surface area (Å²) in [6.07, 6.45) is 11.6. The van der Waals surface area contributed by atoms with Crippen LogP contribution in [0, 0.1) is 23.7 Å². The van der Waals surface area contributed by atoms with Gasteiger partial charge >= 0.3 is 0 Å². The zero-order valence-electron chi connectivity index (χ0n) is 16.7. The van der Waals surface area contributed by atoms with E-state index in [1.807, 2.05) is 6.20 Å². The number of aromatic amines is 1. The van der Waals surface area contributed by atoms with E-state index >= 15 is 0 Å². The molecule has 154 valence electrons. The summed E-state index contributed by atoms with van der Waals surface area (Å²) < 4.78 is 0. The standard InChI is InChI=1S/C22H30N4.ClH.H2O/c1-12-6-15(2-4-23-12)22-25-18-3-5-24-20(18)21(26-22)19-16-8-13-7-14(10-16)11-17(19)9-13;;/h3,5,12-17,19,23H,2,4,6-11H2,1H3,(H,25,26);1H;1H2. The van der Waals surface area contributed by atoms with Crippen molar-refractivity contribution in [2.75, 3.05) is 6.54 Å². The average Bonchev–Trinajstić information content (AvgIpc) is 3.09. The van der Waals surface area contributed by atoms with Gasteiger partial charge in [0.15, 0.2) is 0 Å². The number of piperidine rings is 1. The molecule has 0 amide bonds. The molecule has 0 aromatic carbocycles. The van der Waals surface area contributed by atoms with E-state index in [0.29, 0.717) is 17.9 Å². The van der Waals surface area contributed by atoms with E-state index < -0.39 is 0 Å². The molecular weight excluding hydrogens is 372 g/mol. The van der Waals surface area contributed by atoms with Gasteiger partial charge in [0, 0.05) is 24.1 Å². The first kappa shape index (κ1) is 20.1. The first-order chi connectivity index (χ1) is 12.7. The van der Waals surface area contributed by atoms with Crippen molar-refractivity contribution in [3.05, 3.63) is 23.8 Å². The quantitative estimate of drug-likeness (QED) is 0.795. The van der Waals surface area contributed by atoms with Crippen LogP contribution in [0.5, 0.6) is 0 Å². The summed E-state index contributed by atoms with van der Waals surface area (Å²) in [7, 11) is 0. The topological polar surface area (TPSA) is 85.1 Å². The van der Waals surface area contributed by atoms with E-state index in [2.05, 4.69) is 23.3 Å². The van der Waals surface area contributed by atoms with E-state index in [0.717, 1.165) is 35.9 Å². The lowest BCUT2D eigenvalue weighted by atomic mass is 9.51. The van der Waals surface area contributed by atoms with E-state index in [9.17, 15) is 0 Å². The van der Waals surface area contributed by atoms with Crippen molar-refractivity contribution in [2.24, 2.45) is 23.7 Å². The smallest absolute Gasteiger partial charge is 0.110 e. The fourth-order valence-corrected chi connectivity index (χ4v) is 7.17. The van der Waals surface area contributed by atoms with Gasteiger partial charge in [0.05, 0.1) is 11.4 Å². The molecule has 2 unspecified atom stereocenters. The lowest BCUT2D eigenvalue weighted by Crippen LogP contribution is -2.44. The molecule has 4 saturated carbocycles. The Bertz CT molecular complexity index is 765. The van der Waals surface area contributed by atoms with Crippen LogP contribution in [-0.2, 0) is 0 Å². The summed E-state index contributed by atoms with van der Waals surface area (Å²) in [5.41, 5.74) is 3.72. The number of nitrogens with zero attached hydrogens (tertiary/aromatic N) is 2. The van der Waals surface area contributed by atoms with Crippen LogP contribution in [0.3, 0.4) is 0 Å². The van der Waals surface area contributed by atoms with Crippen LogP contribution in [-0.4, -0.2) is 33.0 Å². The number of H-pyrrole nitrogens is 1. The minimum absolute atomic E-state index is 0. The second kappa shape index (κ2) is 7.58. The molecule has 3 aliphatic heterocycles. The minimum atomic E-state index is 0. The second-order valence-corrected chi connectivity index (χ2v) is 9.75. The molecule has 0 spiro atoms. The highest BCUT2D eigenvalue weighted by Crippen LogP contribution is 2.60. The largest absolute Gasteiger partial charge is 0.412 e. The van der Waals surface area contributed by atoms with E-state index in [-0.39, 0.29) is 17.9 Å². The second-order valence-electron chi connectivity index (χ2n) is 9.75. The normalized spacial score (nSPS) is 38.8. The SMILES string of the molecule is CC1CC(c2nc(C3C4CC5CC(C4)CC3C5)c3nccc-3[nH]2)CCN1.Cl.O. The molecule has 1 saturated heterocycles. The van der Waals surface area contributed by atoms with Gasteiger partial charge in [0.25, 0.3) is 0 Å². The Morgan fingerprint density at radius 1 is 1.00 bits per heavy atom.